The van der Waals surface area contributed by atoms with Crippen LogP contribution in [0.1, 0.15) is 29.6 Å². The zero-order chi connectivity index (χ0) is 23.9. The number of likely N-dealkylation sites (tertiary alicyclic amines) is 1. The average molecular weight is 480 g/mol. The molecule has 0 aliphatic carbocycles. The van der Waals surface area contributed by atoms with Crippen LogP contribution in [0, 0.1) is 0 Å². The van der Waals surface area contributed by atoms with Gasteiger partial charge in [0.25, 0.3) is 5.91 Å². The lowest BCUT2D eigenvalue weighted by Crippen LogP contribution is -2.31. The van der Waals surface area contributed by atoms with Gasteiger partial charge in [-0.15, -0.1) is 0 Å². The zero-order valence-corrected chi connectivity index (χ0v) is 19.6. The maximum absolute atomic E-state index is 13.0. The van der Waals surface area contributed by atoms with Crippen molar-refractivity contribution in [1.82, 2.24) is 20.2 Å². The summed E-state index contributed by atoms with van der Waals surface area (Å²) >= 11 is 6.00. The molecule has 0 radical (unpaired) electrons. The molecule has 0 bridgehead atoms. The molecule has 0 saturated carbocycles. The summed E-state index contributed by atoms with van der Waals surface area (Å²) in [4.78, 5) is 35.6. The Bertz CT molecular complexity index is 1170. The van der Waals surface area contributed by atoms with Gasteiger partial charge in [0.1, 0.15) is 17.1 Å². The number of rotatable bonds is 9. The Morgan fingerprint density at radius 3 is 2.76 bits per heavy atom. The molecule has 3 aromatic rings. The number of methoxy groups -OCH3 is 1. The van der Waals surface area contributed by atoms with Crippen molar-refractivity contribution in [2.75, 3.05) is 32.1 Å². The lowest BCUT2D eigenvalue weighted by Gasteiger charge is -2.16. The first-order chi connectivity index (χ1) is 16.5. The summed E-state index contributed by atoms with van der Waals surface area (Å²) in [5, 5.41) is 6.75. The molecule has 176 valence electrons. The number of halogens is 1. The first-order valence-corrected chi connectivity index (χ1v) is 11.5. The van der Waals surface area contributed by atoms with E-state index < -0.39 is 0 Å². The second-order valence-corrected chi connectivity index (χ2v) is 8.35. The molecule has 2 N–H and O–H groups in total. The van der Waals surface area contributed by atoms with Crippen LogP contribution in [0.4, 0.5) is 11.5 Å². The van der Waals surface area contributed by atoms with Crippen molar-refractivity contribution >= 4 is 34.9 Å². The van der Waals surface area contributed by atoms with Gasteiger partial charge in [0.2, 0.25) is 5.91 Å². The first kappa shape index (κ1) is 23.5. The lowest BCUT2D eigenvalue weighted by atomic mass is 10.2. The highest BCUT2D eigenvalue weighted by Crippen LogP contribution is 2.25. The number of nitrogens with one attached hydrogen (secondary N) is 2. The molecule has 0 atom stereocenters. The molecule has 1 aromatic heterocycles. The quantitative estimate of drug-likeness (QED) is 0.444. The minimum atomic E-state index is -0.291. The van der Waals surface area contributed by atoms with Crippen molar-refractivity contribution < 1.29 is 14.3 Å². The molecule has 1 aliphatic rings. The van der Waals surface area contributed by atoms with Crippen LogP contribution in [0.15, 0.2) is 54.7 Å². The molecule has 34 heavy (non-hydrogen) atoms. The molecule has 4 rings (SSSR count). The van der Waals surface area contributed by atoms with Gasteiger partial charge in [-0.2, -0.15) is 0 Å². The maximum atomic E-state index is 13.0. The molecule has 8 nitrogen and oxygen atoms in total. The Balaban J connectivity index is 1.52. The van der Waals surface area contributed by atoms with Crippen molar-refractivity contribution in [2.24, 2.45) is 0 Å². The Morgan fingerprint density at radius 2 is 2.03 bits per heavy atom. The summed E-state index contributed by atoms with van der Waals surface area (Å²) in [5.74, 6) is 1.41. The smallest absolute Gasteiger partial charge is 0.256 e. The van der Waals surface area contributed by atoms with E-state index in [1.165, 1.54) is 6.20 Å². The van der Waals surface area contributed by atoms with Gasteiger partial charge in [0.05, 0.1) is 7.11 Å². The average Bonchev–Trinajstić information content (AvgIpc) is 3.26. The first-order valence-electron chi connectivity index (χ1n) is 11.1. The fraction of sp³-hybridized carbons (Fsp3) is 0.280. The normalized spacial score (nSPS) is 13.1. The van der Waals surface area contributed by atoms with E-state index in [1.807, 2.05) is 41.3 Å². The lowest BCUT2D eigenvalue weighted by molar-refractivity contribution is -0.127. The second-order valence-electron chi connectivity index (χ2n) is 7.91. The van der Waals surface area contributed by atoms with Crippen LogP contribution >= 0.6 is 11.6 Å². The third-order valence-electron chi connectivity index (χ3n) is 5.53. The van der Waals surface area contributed by atoms with E-state index in [4.69, 9.17) is 16.3 Å². The number of carbonyl (C=O) groups is 2. The number of hydrogen-bond acceptors (Lipinski definition) is 6. The topological polar surface area (TPSA) is 96.4 Å². The van der Waals surface area contributed by atoms with Gasteiger partial charge >= 0.3 is 0 Å². The number of hydrogen-bond donors (Lipinski definition) is 2. The predicted octanol–water partition coefficient (Wildman–Crippen LogP) is 4.29. The van der Waals surface area contributed by atoms with E-state index in [9.17, 15) is 9.59 Å². The van der Waals surface area contributed by atoms with Gasteiger partial charge in [0.15, 0.2) is 5.82 Å². The number of amides is 2. The Hall–Kier alpha value is -3.65. The standard InChI is InChI=1S/C25H26ClN5O3/c1-34-20-6-2-5-19(15-20)29-24-21(16-28-23(30-24)17-8-10-18(26)11-9-17)25(33)27-12-4-14-31-13-3-7-22(31)32/h2,5-6,8-11,15-16H,3-4,7,12-14H2,1H3,(H,27,33)(H,28,29,30). The molecular formula is C25H26ClN5O3. The molecule has 2 aromatic carbocycles. The number of ether oxygens (including phenoxy) is 1. The van der Waals surface area contributed by atoms with Crippen LogP contribution in [0.5, 0.6) is 5.75 Å². The molecule has 1 fully saturated rings. The van der Waals surface area contributed by atoms with E-state index in [1.54, 1.807) is 19.2 Å². The molecule has 0 unspecified atom stereocenters. The van der Waals surface area contributed by atoms with E-state index in [-0.39, 0.29) is 11.8 Å². The summed E-state index contributed by atoms with van der Waals surface area (Å²) in [6, 6.07) is 14.5. The van der Waals surface area contributed by atoms with Gasteiger partial charge in [-0.3, -0.25) is 9.59 Å². The van der Waals surface area contributed by atoms with Gasteiger partial charge in [0, 0.05) is 54.6 Å². The van der Waals surface area contributed by atoms with Crippen LogP contribution in [-0.2, 0) is 4.79 Å². The second kappa shape index (κ2) is 11.0. The van der Waals surface area contributed by atoms with Crippen molar-refractivity contribution in [3.05, 3.63) is 65.3 Å². The third-order valence-corrected chi connectivity index (χ3v) is 5.78. The predicted molar refractivity (Wildman–Crippen MR) is 132 cm³/mol. The van der Waals surface area contributed by atoms with Crippen LogP contribution in [0.2, 0.25) is 5.02 Å². The molecule has 0 spiro atoms. The van der Waals surface area contributed by atoms with Gasteiger partial charge in [-0.05, 0) is 49.2 Å². The van der Waals surface area contributed by atoms with Crippen LogP contribution in [0.3, 0.4) is 0 Å². The monoisotopic (exact) mass is 479 g/mol. The van der Waals surface area contributed by atoms with E-state index >= 15 is 0 Å². The zero-order valence-electron chi connectivity index (χ0n) is 18.9. The number of aromatic nitrogens is 2. The van der Waals surface area contributed by atoms with E-state index in [0.29, 0.717) is 53.9 Å². The minimum absolute atomic E-state index is 0.183. The minimum Gasteiger partial charge on any atom is -0.497 e. The summed E-state index contributed by atoms with van der Waals surface area (Å²) in [6.45, 7) is 1.88. The molecule has 2 heterocycles. The highest BCUT2D eigenvalue weighted by atomic mass is 35.5. The SMILES string of the molecule is COc1cccc(Nc2nc(-c3ccc(Cl)cc3)ncc2C(=O)NCCCN2CCCC2=O)c1. The maximum Gasteiger partial charge on any atom is 0.256 e. The fourth-order valence-electron chi connectivity index (χ4n) is 3.73. The molecule has 1 saturated heterocycles. The number of nitrogens with zero attached hydrogens (tertiary/aromatic N) is 3. The molecule has 9 heteroatoms. The van der Waals surface area contributed by atoms with Crippen molar-refractivity contribution in [1.29, 1.82) is 0 Å². The van der Waals surface area contributed by atoms with E-state index in [2.05, 4.69) is 20.6 Å². The summed E-state index contributed by atoms with van der Waals surface area (Å²) in [6.07, 6.45) is 3.71. The van der Waals surface area contributed by atoms with E-state index in [0.717, 1.165) is 24.2 Å². The summed E-state index contributed by atoms with van der Waals surface area (Å²) in [7, 11) is 1.59. The third kappa shape index (κ3) is 5.82. The number of anilines is 2. The number of benzene rings is 2. The van der Waals surface area contributed by atoms with Crippen molar-refractivity contribution in [3.63, 3.8) is 0 Å². The van der Waals surface area contributed by atoms with Crippen molar-refractivity contribution in [3.8, 4) is 17.1 Å². The molecular weight excluding hydrogens is 454 g/mol. The Labute approximate surface area is 203 Å². The molecule has 1 aliphatic heterocycles. The highest BCUT2D eigenvalue weighted by molar-refractivity contribution is 6.30. The van der Waals surface area contributed by atoms with Gasteiger partial charge in [-0.25, -0.2) is 9.97 Å². The Kier molecular flexibility index (Phi) is 7.59. The largest absolute Gasteiger partial charge is 0.497 e. The summed E-state index contributed by atoms with van der Waals surface area (Å²) < 4.78 is 5.30. The van der Waals surface area contributed by atoms with Crippen LogP contribution < -0.4 is 15.4 Å². The fourth-order valence-corrected chi connectivity index (χ4v) is 3.85. The van der Waals surface area contributed by atoms with Crippen LogP contribution in [0.25, 0.3) is 11.4 Å². The molecule has 2 amide bonds. The van der Waals surface area contributed by atoms with Gasteiger partial charge in [-0.1, -0.05) is 17.7 Å². The van der Waals surface area contributed by atoms with Crippen LogP contribution in [-0.4, -0.2) is 53.4 Å². The van der Waals surface area contributed by atoms with Crippen molar-refractivity contribution in [2.45, 2.75) is 19.3 Å². The Morgan fingerprint density at radius 1 is 1.21 bits per heavy atom. The summed E-state index contributed by atoms with van der Waals surface area (Å²) in [5.41, 5.74) is 1.82. The van der Waals surface area contributed by atoms with Gasteiger partial charge < -0.3 is 20.3 Å². The number of carbonyl (C=O) groups excluding carboxylic acids is 2. The highest BCUT2D eigenvalue weighted by Gasteiger charge is 2.20.